The van der Waals surface area contributed by atoms with Gasteiger partial charge in [-0.1, -0.05) is 0 Å². The summed E-state index contributed by atoms with van der Waals surface area (Å²) in [6, 6.07) is 0. The summed E-state index contributed by atoms with van der Waals surface area (Å²) in [5, 5.41) is 18.2. The lowest BCUT2D eigenvalue weighted by Crippen LogP contribution is -2.44. The molecule has 2 N–H and O–H groups in total. The zero-order valence-corrected chi connectivity index (χ0v) is 8.20. The minimum atomic E-state index is -1.01. The summed E-state index contributed by atoms with van der Waals surface area (Å²) in [7, 11) is 0. The van der Waals surface area contributed by atoms with E-state index in [2.05, 4.69) is 25.7 Å². The molecule has 0 aliphatic rings. The molecule has 0 aromatic heterocycles. The molecule has 0 saturated heterocycles. The largest absolute Gasteiger partial charge is 0.387 e. The number of rotatable bonds is 1. The van der Waals surface area contributed by atoms with Gasteiger partial charge < -0.3 is 10.2 Å². The Balaban J connectivity index is -0.0000000712. The molecule has 0 aliphatic carbocycles. The van der Waals surface area contributed by atoms with E-state index in [1.807, 2.05) is 0 Å². The molecule has 0 spiro atoms. The van der Waals surface area contributed by atoms with Gasteiger partial charge in [0.15, 0.2) is 0 Å². The Morgan fingerprint density at radius 1 is 0.692 bits per heavy atom. The first kappa shape index (κ1) is 22.7. The molecule has 2 nitrogen and oxygen atoms in total. The van der Waals surface area contributed by atoms with E-state index in [4.69, 9.17) is 10.2 Å². The highest BCUT2D eigenvalue weighted by Crippen LogP contribution is 2.19. The standard InChI is InChI=1S/C6H14O2.2C2H2.BH3/c1-5(2,7)6(3,4)8;2*1-2;/h7-8H,1-4H3;2*1-2H;1H3. The molecular formula is C10H21BO2. The molecule has 76 valence electrons. The second-order valence-electron chi connectivity index (χ2n) is 3.12. The normalized spacial score (nSPS) is 9.08. The van der Waals surface area contributed by atoms with Crippen LogP contribution in [0.25, 0.3) is 0 Å². The summed E-state index contributed by atoms with van der Waals surface area (Å²) in [6.07, 6.45) is 16.0. The molecule has 0 atom stereocenters. The van der Waals surface area contributed by atoms with Crippen molar-refractivity contribution < 1.29 is 10.2 Å². The van der Waals surface area contributed by atoms with Crippen molar-refractivity contribution in [3.8, 4) is 25.7 Å². The van der Waals surface area contributed by atoms with Crippen LogP contribution in [0.4, 0.5) is 0 Å². The van der Waals surface area contributed by atoms with E-state index in [0.29, 0.717) is 0 Å². The minimum absolute atomic E-state index is 0. The van der Waals surface area contributed by atoms with Crippen molar-refractivity contribution in [1.82, 2.24) is 0 Å². The van der Waals surface area contributed by atoms with Crippen LogP contribution >= 0.6 is 0 Å². The maximum Gasteiger partial charge on any atom is 0.0872 e. The second-order valence-corrected chi connectivity index (χ2v) is 3.12. The van der Waals surface area contributed by atoms with Gasteiger partial charge in [0.2, 0.25) is 0 Å². The Labute approximate surface area is 83.9 Å². The molecule has 0 aromatic rings. The Kier molecular flexibility index (Phi) is 16.1. The van der Waals surface area contributed by atoms with Gasteiger partial charge in [-0.2, -0.15) is 0 Å². The molecule has 0 rings (SSSR count). The summed E-state index contributed by atoms with van der Waals surface area (Å²) in [5.41, 5.74) is -2.01. The second kappa shape index (κ2) is 9.19. The number of hydrogen-bond donors (Lipinski definition) is 2. The monoisotopic (exact) mass is 184 g/mol. The van der Waals surface area contributed by atoms with Crippen LogP contribution in [0.5, 0.6) is 0 Å². The molecule has 0 aromatic carbocycles. The van der Waals surface area contributed by atoms with Crippen molar-refractivity contribution >= 4 is 8.41 Å². The Morgan fingerprint density at radius 2 is 0.769 bits per heavy atom. The van der Waals surface area contributed by atoms with Crippen molar-refractivity contribution in [2.24, 2.45) is 0 Å². The smallest absolute Gasteiger partial charge is 0.0872 e. The Bertz CT molecular complexity index is 116. The first-order chi connectivity index (χ1) is 5.25. The lowest BCUT2D eigenvalue weighted by Gasteiger charge is -2.31. The van der Waals surface area contributed by atoms with Crippen LogP contribution < -0.4 is 0 Å². The van der Waals surface area contributed by atoms with Crippen molar-refractivity contribution in [3.63, 3.8) is 0 Å². The van der Waals surface area contributed by atoms with E-state index in [-0.39, 0.29) is 8.41 Å². The van der Waals surface area contributed by atoms with Gasteiger partial charge in [0.1, 0.15) is 0 Å². The third-order valence-corrected chi connectivity index (χ3v) is 1.50. The Hall–Kier alpha value is -0.895. The lowest BCUT2D eigenvalue weighted by molar-refractivity contribution is -0.107. The van der Waals surface area contributed by atoms with Crippen molar-refractivity contribution in [2.45, 2.75) is 38.9 Å². The van der Waals surface area contributed by atoms with Crippen LogP contribution in [0.1, 0.15) is 27.7 Å². The topological polar surface area (TPSA) is 40.5 Å². The predicted octanol–water partition coefficient (Wildman–Crippen LogP) is -0.157. The van der Waals surface area contributed by atoms with Gasteiger partial charge in [-0.3, -0.25) is 0 Å². The average Bonchev–Trinajstić information content (AvgIpc) is 1.92. The van der Waals surface area contributed by atoms with E-state index in [1.54, 1.807) is 27.7 Å². The van der Waals surface area contributed by atoms with Crippen LogP contribution in [0.2, 0.25) is 0 Å². The zero-order chi connectivity index (χ0) is 11.0. The van der Waals surface area contributed by atoms with Gasteiger partial charge in [0.05, 0.1) is 19.6 Å². The highest BCUT2D eigenvalue weighted by molar-refractivity contribution is 5.75. The van der Waals surface area contributed by atoms with Crippen molar-refractivity contribution in [2.75, 3.05) is 0 Å². The van der Waals surface area contributed by atoms with Gasteiger partial charge in [-0.15, -0.1) is 25.7 Å². The van der Waals surface area contributed by atoms with Gasteiger partial charge in [-0.05, 0) is 27.7 Å². The van der Waals surface area contributed by atoms with Crippen LogP contribution in [-0.4, -0.2) is 29.8 Å². The minimum Gasteiger partial charge on any atom is -0.387 e. The molecule has 0 saturated carbocycles. The summed E-state index contributed by atoms with van der Waals surface area (Å²) in [6.45, 7) is 6.31. The van der Waals surface area contributed by atoms with Crippen LogP contribution in [0.15, 0.2) is 0 Å². The third kappa shape index (κ3) is 14.0. The van der Waals surface area contributed by atoms with Crippen molar-refractivity contribution in [3.05, 3.63) is 0 Å². The van der Waals surface area contributed by atoms with Crippen LogP contribution in [0, 0.1) is 25.7 Å². The van der Waals surface area contributed by atoms with Gasteiger partial charge in [0.25, 0.3) is 0 Å². The number of hydrogen-bond acceptors (Lipinski definition) is 2. The van der Waals surface area contributed by atoms with Gasteiger partial charge >= 0.3 is 0 Å². The molecule has 3 heteroatoms. The zero-order valence-electron chi connectivity index (χ0n) is 8.20. The molecular weight excluding hydrogens is 163 g/mol. The molecule has 0 amide bonds. The molecule has 0 heterocycles. The fourth-order valence-corrected chi connectivity index (χ4v) is 0. The number of terminal acetylenes is 2. The average molecular weight is 184 g/mol. The van der Waals surface area contributed by atoms with Gasteiger partial charge in [0, 0.05) is 0 Å². The highest BCUT2D eigenvalue weighted by atomic mass is 16.3. The third-order valence-electron chi connectivity index (χ3n) is 1.50. The summed E-state index contributed by atoms with van der Waals surface area (Å²) in [5.74, 6) is 0. The van der Waals surface area contributed by atoms with Crippen molar-refractivity contribution in [1.29, 1.82) is 0 Å². The van der Waals surface area contributed by atoms with Crippen LogP contribution in [0.3, 0.4) is 0 Å². The first-order valence-corrected chi connectivity index (χ1v) is 3.36. The van der Waals surface area contributed by atoms with Gasteiger partial charge in [-0.25, -0.2) is 0 Å². The molecule has 0 radical (unpaired) electrons. The molecule has 0 fully saturated rings. The van der Waals surface area contributed by atoms with E-state index in [1.165, 1.54) is 0 Å². The fraction of sp³-hybridized carbons (Fsp3) is 0.600. The predicted molar refractivity (Wildman–Crippen MR) is 62.3 cm³/mol. The van der Waals surface area contributed by atoms with E-state index < -0.39 is 11.2 Å². The summed E-state index contributed by atoms with van der Waals surface area (Å²) in [4.78, 5) is 0. The molecule has 0 aliphatic heterocycles. The van der Waals surface area contributed by atoms with Crippen LogP contribution in [-0.2, 0) is 0 Å². The quantitative estimate of drug-likeness (QED) is 0.439. The lowest BCUT2D eigenvalue weighted by atomic mass is 9.90. The Morgan fingerprint density at radius 3 is 0.769 bits per heavy atom. The fourth-order valence-electron chi connectivity index (χ4n) is 0. The molecule has 0 unspecified atom stereocenters. The van der Waals surface area contributed by atoms with E-state index in [0.717, 1.165) is 0 Å². The summed E-state index contributed by atoms with van der Waals surface area (Å²) >= 11 is 0. The van der Waals surface area contributed by atoms with E-state index >= 15 is 0 Å². The molecule has 0 bridgehead atoms. The highest BCUT2D eigenvalue weighted by Gasteiger charge is 2.31. The maximum absolute atomic E-state index is 9.10. The number of aliphatic hydroxyl groups is 2. The summed E-state index contributed by atoms with van der Waals surface area (Å²) < 4.78 is 0. The SMILES string of the molecule is B.C#C.C#C.CC(C)(O)C(C)(C)O. The first-order valence-electron chi connectivity index (χ1n) is 3.36. The van der Waals surface area contributed by atoms with E-state index in [9.17, 15) is 0 Å². The molecule has 13 heavy (non-hydrogen) atoms. The maximum atomic E-state index is 9.10.